The minimum atomic E-state index is -1.02. The monoisotopic (exact) mass is 321 g/mol. The van der Waals surface area contributed by atoms with Gasteiger partial charge in [0.05, 0.1) is 18.8 Å². The largest absolute Gasteiger partial charge is 0.479 e. The van der Waals surface area contributed by atoms with Gasteiger partial charge in [-0.25, -0.2) is 4.79 Å². The van der Waals surface area contributed by atoms with E-state index in [9.17, 15) is 9.59 Å². The quantitative estimate of drug-likeness (QED) is 0.799. The van der Waals surface area contributed by atoms with Gasteiger partial charge in [-0.05, 0) is 32.3 Å². The van der Waals surface area contributed by atoms with Crippen molar-refractivity contribution in [1.82, 2.24) is 5.32 Å². The number of amides is 1. The molecular formula is C17H23NO5. The third kappa shape index (κ3) is 5.33. The van der Waals surface area contributed by atoms with Gasteiger partial charge in [-0.2, -0.15) is 0 Å². The van der Waals surface area contributed by atoms with Crippen molar-refractivity contribution in [3.8, 4) is 0 Å². The van der Waals surface area contributed by atoms with Crippen LogP contribution < -0.4 is 5.32 Å². The van der Waals surface area contributed by atoms with E-state index in [1.54, 1.807) is 0 Å². The Bertz CT molecular complexity index is 543. The number of hydrogen-bond donors (Lipinski definition) is 2. The number of rotatable bonds is 7. The Morgan fingerprint density at radius 3 is 2.52 bits per heavy atom. The molecule has 1 aromatic rings. The molecule has 0 radical (unpaired) electrons. The maximum absolute atomic E-state index is 12.2. The van der Waals surface area contributed by atoms with Crippen LogP contribution in [0.25, 0.3) is 0 Å². The van der Waals surface area contributed by atoms with Gasteiger partial charge in [-0.3, -0.25) is 4.79 Å². The Labute approximate surface area is 135 Å². The highest BCUT2D eigenvalue weighted by Crippen LogP contribution is 2.20. The summed E-state index contributed by atoms with van der Waals surface area (Å²) in [6.45, 7) is 4.54. The van der Waals surface area contributed by atoms with Crippen molar-refractivity contribution in [1.29, 1.82) is 0 Å². The molecule has 0 unspecified atom stereocenters. The van der Waals surface area contributed by atoms with Gasteiger partial charge in [0.15, 0.2) is 6.10 Å². The molecule has 6 heteroatoms. The highest BCUT2D eigenvalue weighted by molar-refractivity contribution is 5.83. The first-order valence-electron chi connectivity index (χ1n) is 7.69. The number of benzene rings is 1. The molecule has 0 aromatic heterocycles. The molecule has 0 aliphatic carbocycles. The second-order valence-corrected chi connectivity index (χ2v) is 6.38. The van der Waals surface area contributed by atoms with Gasteiger partial charge in [0, 0.05) is 0 Å². The van der Waals surface area contributed by atoms with Gasteiger partial charge in [0.25, 0.3) is 0 Å². The summed E-state index contributed by atoms with van der Waals surface area (Å²) in [5.41, 5.74) is 0.509. The smallest absolute Gasteiger partial charge is 0.332 e. The molecule has 0 bridgehead atoms. The minimum Gasteiger partial charge on any atom is -0.479 e. The Kier molecular flexibility index (Phi) is 5.74. The Morgan fingerprint density at radius 1 is 1.26 bits per heavy atom. The number of carbonyl (C=O) groups excluding carboxylic acids is 1. The molecule has 2 N–H and O–H groups in total. The number of carboxylic acid groups (broad SMARTS) is 1. The number of nitrogens with one attached hydrogen (secondary N) is 1. The molecule has 2 rings (SSSR count). The average molecular weight is 321 g/mol. The van der Waals surface area contributed by atoms with Gasteiger partial charge in [-0.1, -0.05) is 30.3 Å². The summed E-state index contributed by atoms with van der Waals surface area (Å²) >= 11 is 0. The predicted octanol–water partition coefficient (Wildman–Crippen LogP) is 1.73. The van der Waals surface area contributed by atoms with Crippen molar-refractivity contribution in [2.75, 3.05) is 6.61 Å². The Morgan fingerprint density at radius 2 is 1.91 bits per heavy atom. The van der Waals surface area contributed by atoms with Crippen LogP contribution in [0, 0.1) is 0 Å². The van der Waals surface area contributed by atoms with E-state index in [4.69, 9.17) is 14.6 Å². The van der Waals surface area contributed by atoms with Crippen LogP contribution in [-0.4, -0.2) is 41.3 Å². The lowest BCUT2D eigenvalue weighted by Crippen LogP contribution is -2.50. The number of aliphatic carboxylic acids is 1. The van der Waals surface area contributed by atoms with Gasteiger partial charge >= 0.3 is 5.97 Å². The van der Waals surface area contributed by atoms with Gasteiger partial charge in [0.2, 0.25) is 5.91 Å². The SMILES string of the molecule is CC(C)(COCc1ccccc1)NC(=O)[C@@H]1CC[C@H](C(=O)O)O1. The second kappa shape index (κ2) is 7.57. The van der Waals surface area contributed by atoms with E-state index in [0.29, 0.717) is 26.1 Å². The summed E-state index contributed by atoms with van der Waals surface area (Å²) in [4.78, 5) is 23.0. The van der Waals surface area contributed by atoms with E-state index in [0.717, 1.165) is 5.56 Å². The molecule has 1 aliphatic heterocycles. The molecule has 1 amide bonds. The van der Waals surface area contributed by atoms with Crippen LogP contribution in [0.4, 0.5) is 0 Å². The molecule has 1 aromatic carbocycles. The highest BCUT2D eigenvalue weighted by atomic mass is 16.5. The van der Waals surface area contributed by atoms with E-state index < -0.39 is 23.7 Å². The van der Waals surface area contributed by atoms with Gasteiger partial charge < -0.3 is 19.9 Å². The van der Waals surface area contributed by atoms with Crippen molar-refractivity contribution in [2.45, 2.75) is 51.0 Å². The van der Waals surface area contributed by atoms with E-state index >= 15 is 0 Å². The molecule has 6 nitrogen and oxygen atoms in total. The van der Waals surface area contributed by atoms with Crippen LogP contribution in [0.15, 0.2) is 30.3 Å². The van der Waals surface area contributed by atoms with E-state index in [1.807, 2.05) is 44.2 Å². The molecule has 1 aliphatic rings. The third-order valence-electron chi connectivity index (χ3n) is 3.62. The lowest BCUT2D eigenvalue weighted by molar-refractivity contribution is -0.152. The van der Waals surface area contributed by atoms with Crippen LogP contribution in [0.3, 0.4) is 0 Å². The fourth-order valence-corrected chi connectivity index (χ4v) is 2.46. The zero-order valence-corrected chi connectivity index (χ0v) is 13.5. The van der Waals surface area contributed by atoms with Crippen molar-refractivity contribution >= 4 is 11.9 Å². The fourth-order valence-electron chi connectivity index (χ4n) is 2.46. The molecular weight excluding hydrogens is 298 g/mol. The first kappa shape index (κ1) is 17.4. The van der Waals surface area contributed by atoms with Crippen LogP contribution in [0.5, 0.6) is 0 Å². The standard InChI is InChI=1S/C17H23NO5/c1-17(2,11-22-10-12-6-4-3-5-7-12)18-15(19)13-8-9-14(23-13)16(20)21/h3-7,13-14H,8-11H2,1-2H3,(H,18,19)(H,20,21)/t13-,14+/m0/s1. The molecule has 0 saturated carbocycles. The Balaban J connectivity index is 1.76. The lowest BCUT2D eigenvalue weighted by Gasteiger charge is -2.27. The summed E-state index contributed by atoms with van der Waals surface area (Å²) in [6.07, 6.45) is -0.810. The molecule has 0 spiro atoms. The summed E-state index contributed by atoms with van der Waals surface area (Å²) in [5, 5.41) is 11.8. The highest BCUT2D eigenvalue weighted by Gasteiger charge is 2.36. The summed E-state index contributed by atoms with van der Waals surface area (Å²) in [5.74, 6) is -1.31. The van der Waals surface area contributed by atoms with Crippen molar-refractivity contribution in [3.63, 3.8) is 0 Å². The zero-order valence-electron chi connectivity index (χ0n) is 13.5. The normalized spacial score (nSPS) is 21.1. The van der Waals surface area contributed by atoms with E-state index in [1.165, 1.54) is 0 Å². The molecule has 2 atom stereocenters. The predicted molar refractivity (Wildman–Crippen MR) is 83.9 cm³/mol. The Hall–Kier alpha value is -1.92. The van der Waals surface area contributed by atoms with Crippen LogP contribution >= 0.6 is 0 Å². The van der Waals surface area contributed by atoms with Crippen molar-refractivity contribution in [2.24, 2.45) is 0 Å². The lowest BCUT2D eigenvalue weighted by atomic mass is 10.1. The first-order chi connectivity index (χ1) is 10.9. The van der Waals surface area contributed by atoms with Gasteiger partial charge in [-0.15, -0.1) is 0 Å². The van der Waals surface area contributed by atoms with Gasteiger partial charge in [0.1, 0.15) is 6.10 Å². The number of carbonyl (C=O) groups is 2. The molecule has 126 valence electrons. The molecule has 1 fully saturated rings. The maximum Gasteiger partial charge on any atom is 0.332 e. The molecule has 23 heavy (non-hydrogen) atoms. The summed E-state index contributed by atoms with van der Waals surface area (Å²) in [7, 11) is 0. The molecule has 1 heterocycles. The maximum atomic E-state index is 12.2. The second-order valence-electron chi connectivity index (χ2n) is 6.38. The zero-order chi connectivity index (χ0) is 16.9. The van der Waals surface area contributed by atoms with Crippen molar-refractivity contribution in [3.05, 3.63) is 35.9 Å². The third-order valence-corrected chi connectivity index (χ3v) is 3.62. The number of hydrogen-bond acceptors (Lipinski definition) is 4. The first-order valence-corrected chi connectivity index (χ1v) is 7.69. The van der Waals surface area contributed by atoms with Crippen LogP contribution in [0.2, 0.25) is 0 Å². The van der Waals surface area contributed by atoms with Crippen LogP contribution in [-0.2, 0) is 25.7 Å². The summed E-state index contributed by atoms with van der Waals surface area (Å²) < 4.78 is 10.9. The van der Waals surface area contributed by atoms with E-state index in [-0.39, 0.29) is 5.91 Å². The van der Waals surface area contributed by atoms with Crippen molar-refractivity contribution < 1.29 is 24.2 Å². The van der Waals surface area contributed by atoms with Crippen LogP contribution in [0.1, 0.15) is 32.3 Å². The number of carboxylic acids is 1. The topological polar surface area (TPSA) is 84.9 Å². The number of ether oxygens (including phenoxy) is 2. The fraction of sp³-hybridized carbons (Fsp3) is 0.529. The summed E-state index contributed by atoms with van der Waals surface area (Å²) in [6, 6.07) is 9.79. The minimum absolute atomic E-state index is 0.290. The average Bonchev–Trinajstić information content (AvgIpc) is 2.98. The molecule has 1 saturated heterocycles. The van der Waals surface area contributed by atoms with E-state index in [2.05, 4.69) is 5.32 Å².